The molecular formula is C32H56N4O10. The van der Waals surface area contributed by atoms with Crippen molar-refractivity contribution in [3.05, 3.63) is 0 Å². The number of aliphatic hydroxyl groups is 1. The molecule has 3 N–H and O–H groups in total. The van der Waals surface area contributed by atoms with Crippen LogP contribution >= 0.6 is 0 Å². The summed E-state index contributed by atoms with van der Waals surface area (Å²) in [5, 5.41) is 17.7. The van der Waals surface area contributed by atoms with Crippen molar-refractivity contribution in [1.29, 1.82) is 0 Å². The van der Waals surface area contributed by atoms with Gasteiger partial charge < -0.3 is 49.2 Å². The van der Waals surface area contributed by atoms with E-state index in [-0.39, 0.29) is 18.4 Å². The minimum atomic E-state index is -1.27. The van der Waals surface area contributed by atoms with E-state index in [1.165, 1.54) is 18.9 Å². The maximum Gasteiger partial charge on any atom is 0.408 e. The first-order valence-corrected chi connectivity index (χ1v) is 16.3. The van der Waals surface area contributed by atoms with E-state index in [1.807, 2.05) is 25.7 Å². The van der Waals surface area contributed by atoms with Crippen molar-refractivity contribution in [2.24, 2.45) is 11.8 Å². The number of likely N-dealkylation sites (N-methyl/N-ethyl adjacent to an activating group) is 2. The lowest BCUT2D eigenvalue weighted by Gasteiger charge is -2.46. The Labute approximate surface area is 273 Å². The van der Waals surface area contributed by atoms with Crippen molar-refractivity contribution in [3.63, 3.8) is 0 Å². The van der Waals surface area contributed by atoms with Crippen molar-refractivity contribution >= 4 is 23.8 Å². The number of methoxy groups -OCH3 is 1. The van der Waals surface area contributed by atoms with Gasteiger partial charge in [0.15, 0.2) is 17.7 Å². The lowest BCUT2D eigenvalue weighted by molar-refractivity contribution is -0.294. The van der Waals surface area contributed by atoms with E-state index in [4.69, 9.17) is 23.7 Å². The van der Waals surface area contributed by atoms with Crippen molar-refractivity contribution in [3.8, 4) is 0 Å². The van der Waals surface area contributed by atoms with Gasteiger partial charge in [0, 0.05) is 45.6 Å². The Morgan fingerprint density at radius 2 is 1.76 bits per heavy atom. The number of carbonyl (C=O) groups excluding carboxylic acids is 4. The van der Waals surface area contributed by atoms with Gasteiger partial charge in [-0.25, -0.2) is 4.79 Å². The van der Waals surface area contributed by atoms with Crippen LogP contribution in [0.25, 0.3) is 0 Å². The molecule has 0 aromatic heterocycles. The van der Waals surface area contributed by atoms with Gasteiger partial charge in [0.05, 0.1) is 17.7 Å². The molecule has 46 heavy (non-hydrogen) atoms. The highest BCUT2D eigenvalue weighted by atomic mass is 16.7. The fourth-order valence-corrected chi connectivity index (χ4v) is 7.05. The molecule has 3 aliphatic heterocycles. The molecule has 3 heterocycles. The van der Waals surface area contributed by atoms with Gasteiger partial charge in [0.25, 0.3) is 5.91 Å². The summed E-state index contributed by atoms with van der Waals surface area (Å²) in [4.78, 5) is 56.3. The molecule has 0 saturated carbocycles. The Morgan fingerprint density at radius 3 is 2.33 bits per heavy atom. The number of fused-ring (bicyclic) bond motifs is 1. The Balaban J connectivity index is 2.01. The number of hydrogen-bond donors (Lipinski definition) is 3. The number of ether oxygens (including phenoxy) is 5. The third-order valence-electron chi connectivity index (χ3n) is 10.1. The van der Waals surface area contributed by atoms with Crippen LogP contribution in [-0.2, 0) is 38.1 Å². The Kier molecular flexibility index (Phi) is 12.6. The summed E-state index contributed by atoms with van der Waals surface area (Å²) in [7, 11) is 8.40. The van der Waals surface area contributed by atoms with Gasteiger partial charge in [-0.3, -0.25) is 14.4 Å². The number of nitrogens with zero attached hydrogens (tertiary/aromatic N) is 2. The molecule has 0 aliphatic carbocycles. The Hall–Kier alpha value is -2.36. The molecule has 0 spiro atoms. The third kappa shape index (κ3) is 7.84. The van der Waals surface area contributed by atoms with Crippen LogP contribution in [0.15, 0.2) is 0 Å². The molecule has 0 bridgehead atoms. The van der Waals surface area contributed by atoms with Gasteiger partial charge in [-0.1, -0.05) is 13.8 Å². The zero-order chi connectivity index (χ0) is 34.7. The highest BCUT2D eigenvalue weighted by Gasteiger charge is 2.55. The molecule has 14 heteroatoms. The number of amides is 2. The molecule has 0 radical (unpaired) electrons. The lowest BCUT2D eigenvalue weighted by atomic mass is 9.80. The molecule has 5 unspecified atom stereocenters. The number of alkyl carbamates (subject to hydrolysis) is 1. The Morgan fingerprint density at radius 1 is 1.11 bits per heavy atom. The van der Waals surface area contributed by atoms with E-state index < -0.39 is 83.7 Å². The predicted octanol–water partition coefficient (Wildman–Crippen LogP) is 1.07. The molecule has 2 amide bonds. The van der Waals surface area contributed by atoms with Gasteiger partial charge in [-0.05, 0) is 67.6 Å². The van der Waals surface area contributed by atoms with Crippen LogP contribution in [0.5, 0.6) is 0 Å². The first-order chi connectivity index (χ1) is 21.4. The van der Waals surface area contributed by atoms with Gasteiger partial charge in [0.2, 0.25) is 0 Å². The van der Waals surface area contributed by atoms with E-state index in [2.05, 4.69) is 10.6 Å². The molecule has 3 aliphatic rings. The average Bonchev–Trinajstić information content (AvgIpc) is 3.33. The summed E-state index contributed by atoms with van der Waals surface area (Å²) >= 11 is 0. The summed E-state index contributed by atoms with van der Waals surface area (Å²) in [5.41, 5.74) is -2.25. The highest BCUT2D eigenvalue weighted by Crippen LogP contribution is 2.37. The molecule has 14 nitrogen and oxygen atoms in total. The summed E-state index contributed by atoms with van der Waals surface area (Å²) in [6.45, 7) is 11.0. The number of cyclic esters (lactones) is 1. The maximum atomic E-state index is 14.1. The van der Waals surface area contributed by atoms with Crippen molar-refractivity contribution in [2.45, 2.75) is 127 Å². The second-order valence-corrected chi connectivity index (χ2v) is 13.8. The largest absolute Gasteiger partial charge is 0.458 e. The summed E-state index contributed by atoms with van der Waals surface area (Å²) in [6.07, 6.45) is -4.09. The number of aliphatic hydroxyl groups excluding tert-OH is 1. The molecule has 264 valence electrons. The normalized spacial score (nSPS) is 41.5. The summed E-state index contributed by atoms with van der Waals surface area (Å²) < 4.78 is 30.3. The van der Waals surface area contributed by atoms with Crippen molar-refractivity contribution < 1.29 is 48.0 Å². The van der Waals surface area contributed by atoms with Crippen LogP contribution in [0.1, 0.15) is 67.2 Å². The van der Waals surface area contributed by atoms with E-state index in [9.17, 15) is 24.3 Å². The number of hydrogen-bond acceptors (Lipinski definition) is 12. The number of rotatable bonds is 6. The fraction of sp³-hybridized carbons (Fsp3) is 0.875. The van der Waals surface area contributed by atoms with Crippen molar-refractivity contribution in [2.75, 3.05) is 41.8 Å². The quantitative estimate of drug-likeness (QED) is 0.276. The number of carbonyl (C=O) groups is 4. The van der Waals surface area contributed by atoms with Crippen LogP contribution in [-0.4, -0.2) is 141 Å². The van der Waals surface area contributed by atoms with Crippen LogP contribution in [0.2, 0.25) is 0 Å². The molecular weight excluding hydrogens is 600 g/mol. The molecule has 3 fully saturated rings. The Bertz CT molecular complexity index is 1110. The van der Waals surface area contributed by atoms with E-state index in [0.717, 1.165) is 0 Å². The molecule has 3 saturated heterocycles. The van der Waals surface area contributed by atoms with Gasteiger partial charge in [0.1, 0.15) is 24.2 Å². The van der Waals surface area contributed by atoms with Gasteiger partial charge in [-0.2, -0.15) is 0 Å². The number of Topliss-reactive ketones (excluding diaryl/α,β-unsaturated/α-hetero) is 1. The predicted molar refractivity (Wildman–Crippen MR) is 168 cm³/mol. The number of ketones is 1. The van der Waals surface area contributed by atoms with Gasteiger partial charge in [-0.15, -0.1) is 0 Å². The summed E-state index contributed by atoms with van der Waals surface area (Å²) in [5.74, 6) is -3.59. The zero-order valence-electron chi connectivity index (χ0n) is 29.3. The first kappa shape index (κ1) is 38.1. The van der Waals surface area contributed by atoms with Crippen molar-refractivity contribution in [1.82, 2.24) is 20.4 Å². The SMILES string of the molecule is CC[C@H]1OC(=O)C(C)C(=O)[C@H](C)[C@@H](OC2OC(C(=O)N(C)C)CC(N(C)C)C2O)[C@](C)(OC)CCCN[C@H](C)[C@H]2NC(=O)O[C@@]21C. The minimum absolute atomic E-state index is 0.251. The molecule has 3 rings (SSSR count). The first-order valence-electron chi connectivity index (χ1n) is 16.3. The fourth-order valence-electron chi connectivity index (χ4n) is 7.05. The molecule has 0 aromatic carbocycles. The monoisotopic (exact) mass is 656 g/mol. The number of nitrogens with one attached hydrogen (secondary N) is 2. The van der Waals surface area contributed by atoms with Crippen LogP contribution in [0.4, 0.5) is 4.79 Å². The minimum Gasteiger partial charge on any atom is -0.458 e. The molecule has 0 aromatic rings. The lowest BCUT2D eigenvalue weighted by Crippen LogP contribution is -2.60. The maximum absolute atomic E-state index is 14.1. The average molecular weight is 657 g/mol. The highest BCUT2D eigenvalue weighted by molar-refractivity contribution is 6.00. The second-order valence-electron chi connectivity index (χ2n) is 13.8. The van der Waals surface area contributed by atoms with Crippen LogP contribution < -0.4 is 10.6 Å². The third-order valence-corrected chi connectivity index (χ3v) is 10.1. The van der Waals surface area contributed by atoms with E-state index >= 15 is 0 Å². The smallest absolute Gasteiger partial charge is 0.408 e. The van der Waals surface area contributed by atoms with Crippen LogP contribution in [0.3, 0.4) is 0 Å². The summed E-state index contributed by atoms with van der Waals surface area (Å²) in [6, 6.07) is -1.23. The standard InChI is InChI=1S/C32H56N4O10/c1-12-22-32(6)25(34-30(41)46-32)19(4)33-15-13-14-31(5,42-11)26(17(2)23(37)18(3)28(40)44-22)45-29-24(38)20(35(7)8)16-21(43-29)27(39)36(9)10/h17-22,24-26,29,33,38H,12-16H2,1-11H3,(H,34,41)/t17-,18?,19+,20?,21?,22+,24?,25+,26+,29?,31+,32+/m0/s1. The molecule has 12 atom stereocenters. The van der Waals surface area contributed by atoms with Crippen LogP contribution in [0, 0.1) is 11.8 Å². The van der Waals surface area contributed by atoms with Gasteiger partial charge >= 0.3 is 12.1 Å². The van der Waals surface area contributed by atoms with E-state index in [0.29, 0.717) is 25.8 Å². The second kappa shape index (κ2) is 15.2. The van der Waals surface area contributed by atoms with E-state index in [1.54, 1.807) is 42.0 Å². The zero-order valence-corrected chi connectivity index (χ0v) is 29.3. The number of esters is 1. The topological polar surface area (TPSA) is 165 Å².